The molecule has 6 heteroatoms. The van der Waals surface area contributed by atoms with Crippen LogP contribution in [0, 0.1) is 22.7 Å². The van der Waals surface area contributed by atoms with Crippen molar-refractivity contribution in [1.29, 1.82) is 10.5 Å². The summed E-state index contributed by atoms with van der Waals surface area (Å²) in [5.41, 5.74) is 0. The van der Waals surface area contributed by atoms with Gasteiger partial charge in [-0.2, -0.15) is 11.9 Å². The molecule has 0 aromatic carbocycles. The second kappa shape index (κ2) is 10.9. The molecule has 0 fully saturated rings. The van der Waals surface area contributed by atoms with Crippen LogP contribution in [-0.2, 0) is 0 Å². The van der Waals surface area contributed by atoms with Crippen molar-refractivity contribution in [1.82, 2.24) is 6.23 Å². The molecular formula is C9H14I2N4. The van der Waals surface area contributed by atoms with E-state index in [1.807, 2.05) is 0 Å². The monoisotopic (exact) mass is 432 g/mol. The molecule has 0 atom stereocenters. The predicted molar refractivity (Wildman–Crippen MR) is 76.3 cm³/mol. The molecule has 0 aliphatic carbocycles. The lowest BCUT2D eigenvalue weighted by Gasteiger charge is -2.19. The molecule has 0 aliphatic heterocycles. The molecule has 0 unspecified atom stereocenters. The van der Waals surface area contributed by atoms with Crippen LogP contribution in [-0.4, -0.2) is 32.4 Å². The zero-order chi connectivity index (χ0) is 11.5. The van der Waals surface area contributed by atoms with Crippen molar-refractivity contribution < 1.29 is 0 Å². The molecule has 0 heterocycles. The van der Waals surface area contributed by atoms with Crippen LogP contribution in [0.1, 0.15) is 19.3 Å². The van der Waals surface area contributed by atoms with E-state index in [0.29, 0.717) is 12.8 Å². The molecule has 0 aromatic rings. The molecule has 0 N–H and O–H groups in total. The Kier molecular flexibility index (Phi) is 11.1. The van der Waals surface area contributed by atoms with E-state index in [4.69, 9.17) is 10.5 Å². The zero-order valence-corrected chi connectivity index (χ0v) is 12.8. The summed E-state index contributed by atoms with van der Waals surface area (Å²) < 4.78 is 2.09. The molecule has 84 valence electrons. The number of rotatable bonds is 8. The maximum absolute atomic E-state index is 8.50. The van der Waals surface area contributed by atoms with Crippen LogP contribution in [0.15, 0.2) is 0 Å². The predicted octanol–water partition coefficient (Wildman–Crippen LogP) is 2.51. The third-order valence-corrected chi connectivity index (χ3v) is 2.85. The summed E-state index contributed by atoms with van der Waals surface area (Å²) >= 11 is 4.49. The Labute approximate surface area is 119 Å². The fraction of sp³-hybridized carbons (Fsp3) is 0.778. The topological polar surface area (TPSA) is 54.1 Å². The second-order valence-corrected chi connectivity index (χ2v) is 7.21. The Morgan fingerprint density at radius 1 is 0.867 bits per heavy atom. The van der Waals surface area contributed by atoms with E-state index in [2.05, 4.69) is 64.1 Å². The normalized spacial score (nSPS) is 10.3. The number of hydrogen-bond acceptors (Lipinski definition) is 4. The van der Waals surface area contributed by atoms with Gasteiger partial charge in [-0.25, -0.2) is 0 Å². The van der Waals surface area contributed by atoms with Crippen LogP contribution in [0.5, 0.6) is 0 Å². The van der Waals surface area contributed by atoms with Gasteiger partial charge in [-0.3, -0.25) is 0 Å². The van der Waals surface area contributed by atoms with Gasteiger partial charge in [0.25, 0.3) is 0 Å². The smallest absolute Gasteiger partial charge is 0.0635 e. The van der Waals surface area contributed by atoms with E-state index in [0.717, 1.165) is 32.6 Å². The zero-order valence-electron chi connectivity index (χ0n) is 8.49. The highest BCUT2D eigenvalue weighted by Crippen LogP contribution is 2.08. The third kappa shape index (κ3) is 10.6. The SMILES string of the molecule is N#CCCN(CCC#N)CCCN(I)I. The van der Waals surface area contributed by atoms with E-state index < -0.39 is 0 Å². The fourth-order valence-corrected chi connectivity index (χ4v) is 1.85. The first-order valence-corrected chi connectivity index (χ1v) is 6.69. The minimum absolute atomic E-state index is 0.545. The molecule has 0 saturated carbocycles. The second-order valence-electron chi connectivity index (χ2n) is 3.04. The van der Waals surface area contributed by atoms with E-state index in [1.54, 1.807) is 0 Å². The number of halogens is 2. The summed E-state index contributed by atoms with van der Waals surface area (Å²) in [5, 5.41) is 17.0. The molecule has 0 rings (SSSR count). The minimum Gasteiger partial charge on any atom is -0.301 e. The lowest BCUT2D eigenvalue weighted by Crippen LogP contribution is -2.28. The van der Waals surface area contributed by atoms with Crippen LogP contribution in [0.25, 0.3) is 0 Å². The number of nitrogens with zero attached hydrogens (tertiary/aromatic N) is 4. The first-order valence-electron chi connectivity index (χ1n) is 4.76. The van der Waals surface area contributed by atoms with E-state index >= 15 is 0 Å². The van der Waals surface area contributed by atoms with E-state index in [9.17, 15) is 0 Å². The van der Waals surface area contributed by atoms with Gasteiger partial charge < -0.3 is 4.90 Å². The first-order chi connectivity index (χ1) is 7.20. The number of hydrogen-bond donors (Lipinski definition) is 0. The molecule has 0 saturated heterocycles. The summed E-state index contributed by atoms with van der Waals surface area (Å²) in [6, 6.07) is 4.27. The van der Waals surface area contributed by atoms with Gasteiger partial charge in [0.1, 0.15) is 0 Å². The highest BCUT2D eigenvalue weighted by molar-refractivity contribution is 14.2. The van der Waals surface area contributed by atoms with Crippen molar-refractivity contribution in [3.8, 4) is 12.1 Å². The van der Waals surface area contributed by atoms with Crippen molar-refractivity contribution >= 4 is 45.7 Å². The highest BCUT2D eigenvalue weighted by atomic mass is 127. The molecule has 0 aromatic heterocycles. The van der Waals surface area contributed by atoms with Crippen LogP contribution in [0.2, 0.25) is 0 Å². The minimum atomic E-state index is 0.545. The van der Waals surface area contributed by atoms with Gasteiger partial charge >= 0.3 is 0 Å². The summed E-state index contributed by atoms with van der Waals surface area (Å²) in [6.07, 6.45) is 2.16. The van der Waals surface area contributed by atoms with Crippen molar-refractivity contribution in [3.05, 3.63) is 0 Å². The Morgan fingerprint density at radius 3 is 1.80 bits per heavy atom. The van der Waals surface area contributed by atoms with Crippen LogP contribution < -0.4 is 0 Å². The van der Waals surface area contributed by atoms with Crippen molar-refractivity contribution in [3.63, 3.8) is 0 Å². The standard InChI is InChI=1S/C9H14I2N4/c10-15(11)9-3-8-14(6-1-4-12)7-2-5-13/h1-3,6-9H2. The van der Waals surface area contributed by atoms with Gasteiger partial charge in [0.05, 0.1) is 12.1 Å². The third-order valence-electron chi connectivity index (χ3n) is 1.88. The maximum atomic E-state index is 8.50. The molecule has 4 nitrogen and oxygen atoms in total. The van der Waals surface area contributed by atoms with Gasteiger partial charge in [-0.1, -0.05) is 0 Å². The van der Waals surface area contributed by atoms with Gasteiger partial charge in [0.15, 0.2) is 0 Å². The average molecular weight is 432 g/mol. The fourth-order valence-electron chi connectivity index (χ4n) is 1.17. The number of nitriles is 2. The largest absolute Gasteiger partial charge is 0.301 e. The quantitative estimate of drug-likeness (QED) is 0.437. The first kappa shape index (κ1) is 15.4. The molecule has 0 bridgehead atoms. The van der Waals surface area contributed by atoms with Crippen molar-refractivity contribution in [2.45, 2.75) is 19.3 Å². The lowest BCUT2D eigenvalue weighted by atomic mass is 10.3. The highest BCUT2D eigenvalue weighted by Gasteiger charge is 2.04. The van der Waals surface area contributed by atoms with Gasteiger partial charge in [0, 0.05) is 78.2 Å². The van der Waals surface area contributed by atoms with Gasteiger partial charge in [-0.15, -0.1) is 0 Å². The Bertz CT molecular complexity index is 213. The Balaban J connectivity index is 3.70. The maximum Gasteiger partial charge on any atom is 0.0635 e. The van der Waals surface area contributed by atoms with E-state index in [-0.39, 0.29) is 0 Å². The lowest BCUT2D eigenvalue weighted by molar-refractivity contribution is 0.281. The average Bonchev–Trinajstić information content (AvgIpc) is 2.20. The van der Waals surface area contributed by atoms with Gasteiger partial charge in [-0.05, 0) is 13.0 Å². The van der Waals surface area contributed by atoms with Gasteiger partial charge in [0.2, 0.25) is 0 Å². The van der Waals surface area contributed by atoms with Crippen LogP contribution >= 0.6 is 45.7 Å². The molecule has 0 amide bonds. The van der Waals surface area contributed by atoms with Crippen LogP contribution in [0.4, 0.5) is 0 Å². The van der Waals surface area contributed by atoms with Crippen molar-refractivity contribution in [2.75, 3.05) is 26.2 Å². The Hall–Kier alpha value is 0.360. The molecule has 0 aliphatic rings. The summed E-state index contributed by atoms with van der Waals surface area (Å²) in [4.78, 5) is 2.18. The summed E-state index contributed by atoms with van der Waals surface area (Å²) in [6.45, 7) is 3.55. The van der Waals surface area contributed by atoms with E-state index in [1.165, 1.54) is 0 Å². The molecule has 15 heavy (non-hydrogen) atoms. The Morgan fingerprint density at radius 2 is 1.40 bits per heavy atom. The summed E-state index contributed by atoms with van der Waals surface area (Å²) in [7, 11) is 0. The summed E-state index contributed by atoms with van der Waals surface area (Å²) in [5.74, 6) is 0. The molecule has 0 radical (unpaired) electrons. The van der Waals surface area contributed by atoms with Crippen LogP contribution in [0.3, 0.4) is 0 Å². The van der Waals surface area contributed by atoms with Crippen molar-refractivity contribution in [2.24, 2.45) is 0 Å². The molecular weight excluding hydrogens is 418 g/mol. The molecule has 0 spiro atoms.